The Morgan fingerprint density at radius 2 is 2.06 bits per heavy atom. The number of nitrogens with one attached hydrogen (secondary N) is 1. The fraction of sp³-hybridized carbons (Fsp3) is 0.370. The van der Waals surface area contributed by atoms with Crippen molar-refractivity contribution in [2.24, 2.45) is 11.8 Å². The van der Waals surface area contributed by atoms with Gasteiger partial charge in [0.2, 0.25) is 0 Å². The Morgan fingerprint density at radius 1 is 1.22 bits per heavy atom. The number of rotatable bonds is 5. The smallest absolute Gasteiger partial charge is 0.346 e. The van der Waals surface area contributed by atoms with E-state index < -0.39 is 0 Å². The topological polar surface area (TPSA) is 71.7 Å². The highest BCUT2D eigenvalue weighted by Crippen LogP contribution is 2.40. The zero-order valence-electron chi connectivity index (χ0n) is 18.6. The minimum absolute atomic E-state index is 0.0343. The van der Waals surface area contributed by atoms with Crippen molar-refractivity contribution in [3.63, 3.8) is 0 Å². The summed E-state index contributed by atoms with van der Waals surface area (Å²) in [6.45, 7) is 5.57. The van der Waals surface area contributed by atoms with E-state index in [9.17, 15) is 9.90 Å². The predicted octanol–water partition coefficient (Wildman–Crippen LogP) is 5.18. The number of hydrogen-bond acceptors (Lipinski definition) is 5. The van der Waals surface area contributed by atoms with Crippen LogP contribution in [0.5, 0.6) is 11.5 Å². The maximum absolute atomic E-state index is 12.2. The average Bonchev–Trinajstić information content (AvgIpc) is 2.79. The lowest BCUT2D eigenvalue weighted by Gasteiger charge is -2.37. The average molecular weight is 432 g/mol. The Labute approximate surface area is 187 Å². The van der Waals surface area contributed by atoms with Gasteiger partial charge in [-0.05, 0) is 73.1 Å². The molecule has 5 heteroatoms. The quantitative estimate of drug-likeness (QED) is 0.583. The number of phenols is 1. The van der Waals surface area contributed by atoms with E-state index in [2.05, 4.69) is 24.4 Å². The number of fused-ring (bicyclic) bond motifs is 3. The molecule has 2 heterocycles. The summed E-state index contributed by atoms with van der Waals surface area (Å²) in [5, 5.41) is 16.2. The number of aromatic hydroxyl groups is 1. The molecular formula is C27H29NO4. The van der Waals surface area contributed by atoms with E-state index >= 15 is 0 Å². The second-order valence-electron chi connectivity index (χ2n) is 9.18. The molecule has 1 saturated carbocycles. The van der Waals surface area contributed by atoms with Crippen LogP contribution in [0.3, 0.4) is 0 Å². The van der Waals surface area contributed by atoms with Crippen molar-refractivity contribution in [3.05, 3.63) is 75.3 Å². The molecule has 32 heavy (non-hydrogen) atoms. The van der Waals surface area contributed by atoms with Crippen molar-refractivity contribution in [1.82, 2.24) is 5.32 Å². The van der Waals surface area contributed by atoms with Gasteiger partial charge in [-0.15, -0.1) is 0 Å². The summed E-state index contributed by atoms with van der Waals surface area (Å²) >= 11 is 0. The first kappa shape index (κ1) is 20.8. The number of aryl methyl sites for hydroxylation is 1. The van der Waals surface area contributed by atoms with Crippen LogP contribution in [0.15, 0.2) is 57.2 Å². The lowest BCUT2D eigenvalue weighted by molar-refractivity contribution is 0.140. The third-order valence-electron chi connectivity index (χ3n) is 7.00. The van der Waals surface area contributed by atoms with Crippen LogP contribution in [0.1, 0.15) is 43.1 Å². The summed E-state index contributed by atoms with van der Waals surface area (Å²) in [7, 11) is 0. The molecule has 0 amide bonds. The number of benzene rings is 2. The van der Waals surface area contributed by atoms with E-state index in [0.29, 0.717) is 41.2 Å². The summed E-state index contributed by atoms with van der Waals surface area (Å²) < 4.78 is 11.5. The third kappa shape index (κ3) is 3.93. The first-order chi connectivity index (χ1) is 15.5. The van der Waals surface area contributed by atoms with Gasteiger partial charge in [-0.3, -0.25) is 0 Å². The molecule has 1 aliphatic heterocycles. The molecule has 1 aromatic heterocycles. The highest BCUT2D eigenvalue weighted by atomic mass is 16.5. The zero-order chi connectivity index (χ0) is 22.2. The first-order valence-electron chi connectivity index (χ1n) is 11.4. The van der Waals surface area contributed by atoms with Gasteiger partial charge in [-0.25, -0.2) is 4.79 Å². The summed E-state index contributed by atoms with van der Waals surface area (Å²) in [5.74, 6) is 2.57. The first-order valence-corrected chi connectivity index (χ1v) is 11.4. The largest absolute Gasteiger partial charge is 0.508 e. The fourth-order valence-corrected chi connectivity index (χ4v) is 5.12. The second kappa shape index (κ2) is 8.47. The molecule has 1 unspecified atom stereocenters. The third-order valence-corrected chi connectivity index (χ3v) is 7.00. The van der Waals surface area contributed by atoms with Crippen molar-refractivity contribution in [3.8, 4) is 11.5 Å². The van der Waals surface area contributed by atoms with Gasteiger partial charge in [0.25, 0.3) is 0 Å². The molecule has 1 aliphatic carbocycles. The highest BCUT2D eigenvalue weighted by Gasteiger charge is 2.33. The number of ether oxygens (including phenoxy) is 1. The van der Waals surface area contributed by atoms with E-state index in [1.165, 1.54) is 5.57 Å². The molecule has 1 fully saturated rings. The maximum atomic E-state index is 12.2. The fourth-order valence-electron chi connectivity index (χ4n) is 5.12. The van der Waals surface area contributed by atoms with Crippen LogP contribution in [0.2, 0.25) is 0 Å². The van der Waals surface area contributed by atoms with Crippen molar-refractivity contribution < 1.29 is 14.3 Å². The summed E-state index contributed by atoms with van der Waals surface area (Å²) in [5.41, 5.74) is 2.38. The van der Waals surface area contributed by atoms with Gasteiger partial charge in [0, 0.05) is 18.2 Å². The molecule has 2 aliphatic rings. The molecule has 5 rings (SSSR count). The molecule has 3 atom stereocenters. The van der Waals surface area contributed by atoms with Crippen LogP contribution >= 0.6 is 0 Å². The van der Waals surface area contributed by atoms with E-state index in [0.717, 1.165) is 42.1 Å². The minimum atomic E-state index is -0.317. The van der Waals surface area contributed by atoms with Crippen LogP contribution in [-0.2, 0) is 6.54 Å². The number of hydrogen-bond donors (Lipinski definition) is 2. The zero-order valence-corrected chi connectivity index (χ0v) is 18.6. The SMILES string of the molecule is Cc1cc2c(c(=O)o1)C=C1CC[C@H](C(C)CNCc3c(O)ccc4ccccc34)C[C@@H]1O2. The normalized spacial score (nSPS) is 20.8. The number of phenolic OH excluding ortho intramolecular Hbond substituents is 1. The van der Waals surface area contributed by atoms with Crippen LogP contribution in [0.25, 0.3) is 16.8 Å². The van der Waals surface area contributed by atoms with Gasteiger partial charge >= 0.3 is 5.63 Å². The predicted molar refractivity (Wildman–Crippen MR) is 126 cm³/mol. The van der Waals surface area contributed by atoms with E-state index in [-0.39, 0.29) is 11.7 Å². The van der Waals surface area contributed by atoms with Gasteiger partial charge in [0.15, 0.2) is 0 Å². The summed E-state index contributed by atoms with van der Waals surface area (Å²) in [6.07, 6.45) is 4.99. The Bertz CT molecular complexity index is 1240. The summed E-state index contributed by atoms with van der Waals surface area (Å²) in [6, 6.07) is 13.7. The van der Waals surface area contributed by atoms with Gasteiger partial charge in [-0.1, -0.05) is 37.3 Å². The molecule has 0 saturated heterocycles. The minimum Gasteiger partial charge on any atom is -0.508 e. The second-order valence-corrected chi connectivity index (χ2v) is 9.18. The van der Waals surface area contributed by atoms with E-state index in [4.69, 9.17) is 9.15 Å². The van der Waals surface area contributed by atoms with Crippen molar-refractivity contribution in [2.45, 2.75) is 45.8 Å². The Balaban J connectivity index is 1.23. The van der Waals surface area contributed by atoms with Gasteiger partial charge in [0.1, 0.15) is 28.9 Å². The van der Waals surface area contributed by atoms with E-state index in [1.807, 2.05) is 30.3 Å². The Kier molecular flexibility index (Phi) is 5.51. The van der Waals surface area contributed by atoms with Crippen molar-refractivity contribution >= 4 is 16.8 Å². The maximum Gasteiger partial charge on any atom is 0.346 e. The molecule has 2 N–H and O–H groups in total. The van der Waals surface area contributed by atoms with Crippen molar-refractivity contribution in [1.29, 1.82) is 0 Å². The molecule has 0 spiro atoms. The lowest BCUT2D eigenvalue weighted by Crippen LogP contribution is -2.36. The van der Waals surface area contributed by atoms with Crippen molar-refractivity contribution in [2.75, 3.05) is 6.54 Å². The molecule has 0 bridgehead atoms. The standard InChI is InChI=1S/C27H29NO4/c1-16(14-28-15-23-21-6-4-3-5-18(21)9-10-24(23)29)19-7-8-20-12-22-26(32-25(20)13-19)11-17(2)31-27(22)30/h3-6,9-12,16,19,25,28-29H,7-8,13-15H2,1-2H3/t16?,19-,25-/m0/s1. The Hall–Kier alpha value is -3.05. The monoisotopic (exact) mass is 431 g/mol. The lowest BCUT2D eigenvalue weighted by atomic mass is 9.76. The molecule has 2 aromatic carbocycles. The molecule has 0 radical (unpaired) electrons. The van der Waals surface area contributed by atoms with Gasteiger partial charge in [0.05, 0.1) is 0 Å². The van der Waals surface area contributed by atoms with Gasteiger partial charge in [-0.2, -0.15) is 0 Å². The molecule has 5 nitrogen and oxygen atoms in total. The van der Waals surface area contributed by atoms with Crippen LogP contribution in [-0.4, -0.2) is 17.8 Å². The molecule has 166 valence electrons. The van der Waals surface area contributed by atoms with Gasteiger partial charge < -0.3 is 19.6 Å². The summed E-state index contributed by atoms with van der Waals surface area (Å²) in [4.78, 5) is 12.2. The Morgan fingerprint density at radius 3 is 2.94 bits per heavy atom. The van der Waals surface area contributed by atoms with Crippen LogP contribution < -0.4 is 15.7 Å². The van der Waals surface area contributed by atoms with Crippen LogP contribution in [0, 0.1) is 18.8 Å². The highest BCUT2D eigenvalue weighted by molar-refractivity contribution is 5.87. The molecule has 3 aromatic rings. The molecular weight excluding hydrogens is 402 g/mol. The van der Waals surface area contributed by atoms with E-state index in [1.54, 1.807) is 13.0 Å². The van der Waals surface area contributed by atoms with Crippen LogP contribution in [0.4, 0.5) is 0 Å².